The molecule has 0 bridgehead atoms. The molecule has 0 aromatic carbocycles. The molecule has 1 amide bonds. The van der Waals surface area contributed by atoms with Gasteiger partial charge in [0, 0.05) is 32.4 Å². The molecule has 7 heteroatoms. The summed E-state index contributed by atoms with van der Waals surface area (Å²) in [6.07, 6.45) is 6.30. The highest BCUT2D eigenvalue weighted by Gasteiger charge is 2.36. The van der Waals surface area contributed by atoms with E-state index in [1.807, 2.05) is 6.92 Å². The summed E-state index contributed by atoms with van der Waals surface area (Å²) in [5.41, 5.74) is -0.119. The molecule has 1 atom stereocenters. The summed E-state index contributed by atoms with van der Waals surface area (Å²) in [7, 11) is 0. The van der Waals surface area contributed by atoms with Gasteiger partial charge in [0.05, 0.1) is 17.7 Å². The summed E-state index contributed by atoms with van der Waals surface area (Å²) in [6, 6.07) is 7.80. The molecule has 1 N–H and O–H groups in total. The maximum Gasteiger partial charge on any atom is 0.238 e. The molecule has 142 valence electrons. The number of nitrogens with zero attached hydrogens (tertiary/aromatic N) is 5. The van der Waals surface area contributed by atoms with Crippen molar-refractivity contribution in [1.82, 2.24) is 15.2 Å². The molecule has 1 saturated carbocycles. The standard InChI is InChI=1S/C20H26N6O/c1-16(19(27)24-20(15-22)7-3-2-4-8-20)25-10-12-26(13-11-25)18-17(14-21)6-5-9-23-18/h5-6,9,16H,2-4,7-8,10-13H2,1H3,(H,24,27). The summed E-state index contributed by atoms with van der Waals surface area (Å²) >= 11 is 0. The van der Waals surface area contributed by atoms with E-state index < -0.39 is 5.54 Å². The van der Waals surface area contributed by atoms with Crippen molar-refractivity contribution in [3.63, 3.8) is 0 Å². The Kier molecular flexibility index (Phi) is 5.93. The Morgan fingerprint density at radius 1 is 1.22 bits per heavy atom. The van der Waals surface area contributed by atoms with E-state index in [0.29, 0.717) is 24.5 Å². The van der Waals surface area contributed by atoms with Crippen LogP contribution in [-0.4, -0.2) is 53.6 Å². The predicted octanol–water partition coefficient (Wildman–Crippen LogP) is 1.81. The topological polar surface area (TPSA) is 96.1 Å². The number of nitriles is 2. The van der Waals surface area contributed by atoms with Crippen molar-refractivity contribution in [1.29, 1.82) is 10.5 Å². The normalized spacial score (nSPS) is 20.9. The van der Waals surface area contributed by atoms with Crippen LogP contribution in [0.5, 0.6) is 0 Å². The van der Waals surface area contributed by atoms with Gasteiger partial charge in [-0.1, -0.05) is 19.3 Å². The summed E-state index contributed by atoms with van der Waals surface area (Å²) in [5, 5.41) is 21.9. The molecule has 2 fully saturated rings. The second kappa shape index (κ2) is 8.37. The number of carbonyl (C=O) groups excluding carboxylic acids is 1. The smallest absolute Gasteiger partial charge is 0.238 e. The first-order valence-electron chi connectivity index (χ1n) is 9.66. The number of aromatic nitrogens is 1. The van der Waals surface area contributed by atoms with Crippen LogP contribution in [0, 0.1) is 22.7 Å². The number of piperazine rings is 1. The van der Waals surface area contributed by atoms with Crippen LogP contribution in [0.25, 0.3) is 0 Å². The van der Waals surface area contributed by atoms with Crippen LogP contribution in [0.15, 0.2) is 18.3 Å². The highest BCUT2D eigenvalue weighted by atomic mass is 16.2. The summed E-state index contributed by atoms with van der Waals surface area (Å²) in [6.45, 7) is 4.77. The van der Waals surface area contributed by atoms with Gasteiger partial charge >= 0.3 is 0 Å². The summed E-state index contributed by atoms with van der Waals surface area (Å²) in [4.78, 5) is 21.3. The Bertz CT molecular complexity index is 750. The predicted molar refractivity (Wildman–Crippen MR) is 102 cm³/mol. The van der Waals surface area contributed by atoms with Gasteiger partial charge in [-0.2, -0.15) is 10.5 Å². The number of hydrogen-bond donors (Lipinski definition) is 1. The fraction of sp³-hybridized carbons (Fsp3) is 0.600. The van der Waals surface area contributed by atoms with E-state index >= 15 is 0 Å². The number of anilines is 1. The fourth-order valence-electron chi connectivity index (χ4n) is 3.98. The van der Waals surface area contributed by atoms with Crippen LogP contribution in [-0.2, 0) is 4.79 Å². The van der Waals surface area contributed by atoms with E-state index in [1.54, 1.807) is 18.3 Å². The maximum absolute atomic E-state index is 12.8. The van der Waals surface area contributed by atoms with E-state index in [9.17, 15) is 15.3 Å². The molecule has 0 spiro atoms. The van der Waals surface area contributed by atoms with Crippen molar-refractivity contribution in [2.75, 3.05) is 31.1 Å². The lowest BCUT2D eigenvalue weighted by molar-refractivity contribution is -0.127. The Hall–Kier alpha value is -2.64. The van der Waals surface area contributed by atoms with Crippen molar-refractivity contribution >= 4 is 11.7 Å². The minimum absolute atomic E-state index is 0.0672. The largest absolute Gasteiger partial charge is 0.353 e. The second-order valence-corrected chi connectivity index (χ2v) is 7.43. The molecule has 1 aliphatic heterocycles. The maximum atomic E-state index is 12.8. The highest BCUT2D eigenvalue weighted by Crippen LogP contribution is 2.28. The van der Waals surface area contributed by atoms with Crippen molar-refractivity contribution in [2.45, 2.75) is 50.6 Å². The van der Waals surface area contributed by atoms with Gasteiger partial charge in [-0.05, 0) is 31.9 Å². The molecule has 2 heterocycles. The zero-order valence-corrected chi connectivity index (χ0v) is 15.8. The molecule has 27 heavy (non-hydrogen) atoms. The molecule has 1 aromatic rings. The molecular weight excluding hydrogens is 340 g/mol. The van der Waals surface area contributed by atoms with Crippen molar-refractivity contribution in [3.05, 3.63) is 23.9 Å². The minimum Gasteiger partial charge on any atom is -0.353 e. The van der Waals surface area contributed by atoms with E-state index in [4.69, 9.17) is 0 Å². The van der Waals surface area contributed by atoms with Crippen LogP contribution in [0.4, 0.5) is 5.82 Å². The summed E-state index contributed by atoms with van der Waals surface area (Å²) in [5.74, 6) is 0.643. The van der Waals surface area contributed by atoms with Crippen LogP contribution < -0.4 is 10.2 Å². The lowest BCUT2D eigenvalue weighted by atomic mass is 9.82. The zero-order valence-electron chi connectivity index (χ0n) is 15.8. The Morgan fingerprint density at radius 2 is 1.93 bits per heavy atom. The van der Waals surface area contributed by atoms with Crippen molar-refractivity contribution in [3.8, 4) is 12.1 Å². The SMILES string of the molecule is CC(C(=O)NC1(C#N)CCCCC1)N1CCN(c2ncccc2C#N)CC1. The first kappa shape index (κ1) is 19.1. The molecule has 1 unspecified atom stereocenters. The minimum atomic E-state index is -0.693. The number of pyridine rings is 1. The molecular formula is C20H26N6O. The Morgan fingerprint density at radius 3 is 2.56 bits per heavy atom. The van der Waals surface area contributed by atoms with E-state index in [1.165, 1.54) is 0 Å². The van der Waals surface area contributed by atoms with Gasteiger partial charge in [-0.15, -0.1) is 0 Å². The highest BCUT2D eigenvalue weighted by molar-refractivity contribution is 5.82. The fourth-order valence-corrected chi connectivity index (χ4v) is 3.98. The molecule has 1 aliphatic carbocycles. The third-order valence-electron chi connectivity index (χ3n) is 5.73. The van der Waals surface area contributed by atoms with E-state index in [-0.39, 0.29) is 11.9 Å². The average Bonchev–Trinajstić information content (AvgIpc) is 2.74. The third kappa shape index (κ3) is 4.20. The Labute approximate surface area is 160 Å². The van der Waals surface area contributed by atoms with E-state index in [0.717, 1.165) is 45.2 Å². The van der Waals surface area contributed by atoms with E-state index in [2.05, 4.69) is 32.2 Å². The Balaban J connectivity index is 1.58. The van der Waals surface area contributed by atoms with Gasteiger partial charge in [0.25, 0.3) is 0 Å². The number of hydrogen-bond acceptors (Lipinski definition) is 6. The van der Waals surface area contributed by atoms with Gasteiger partial charge in [0.15, 0.2) is 0 Å². The lowest BCUT2D eigenvalue weighted by Crippen LogP contribution is -2.58. The number of nitrogens with one attached hydrogen (secondary N) is 1. The van der Waals surface area contributed by atoms with Crippen molar-refractivity contribution < 1.29 is 4.79 Å². The monoisotopic (exact) mass is 366 g/mol. The van der Waals surface area contributed by atoms with Gasteiger partial charge in [0.2, 0.25) is 5.91 Å². The van der Waals surface area contributed by atoms with Crippen LogP contribution in [0.1, 0.15) is 44.6 Å². The molecule has 7 nitrogen and oxygen atoms in total. The van der Waals surface area contributed by atoms with Gasteiger partial charge < -0.3 is 10.2 Å². The summed E-state index contributed by atoms with van der Waals surface area (Å²) < 4.78 is 0. The molecule has 3 rings (SSSR count). The zero-order chi connectivity index (χ0) is 19.3. The van der Waals surface area contributed by atoms with Crippen LogP contribution in [0.3, 0.4) is 0 Å². The third-order valence-corrected chi connectivity index (χ3v) is 5.73. The lowest BCUT2D eigenvalue weighted by Gasteiger charge is -2.39. The molecule has 1 aromatic heterocycles. The van der Waals surface area contributed by atoms with Gasteiger partial charge in [-0.25, -0.2) is 4.98 Å². The van der Waals surface area contributed by atoms with Gasteiger partial charge in [-0.3, -0.25) is 9.69 Å². The van der Waals surface area contributed by atoms with Gasteiger partial charge in [0.1, 0.15) is 17.4 Å². The quantitative estimate of drug-likeness (QED) is 0.873. The molecule has 0 radical (unpaired) electrons. The van der Waals surface area contributed by atoms with Crippen LogP contribution in [0.2, 0.25) is 0 Å². The molecule has 1 saturated heterocycles. The molecule has 2 aliphatic rings. The average molecular weight is 366 g/mol. The number of amides is 1. The second-order valence-electron chi connectivity index (χ2n) is 7.43. The van der Waals surface area contributed by atoms with Crippen LogP contribution >= 0.6 is 0 Å². The first-order valence-corrected chi connectivity index (χ1v) is 9.66. The number of carbonyl (C=O) groups is 1. The first-order chi connectivity index (χ1) is 13.1. The van der Waals surface area contributed by atoms with Crippen molar-refractivity contribution in [2.24, 2.45) is 0 Å². The number of rotatable bonds is 4.